The number of rotatable bonds is 7. The molecule has 0 aliphatic heterocycles. The molecular formula is C19H22N4O3. The number of ether oxygens (including phenoxy) is 1. The fourth-order valence-electron chi connectivity index (χ4n) is 2.08. The van der Waals surface area contributed by atoms with Crippen molar-refractivity contribution in [3.63, 3.8) is 0 Å². The van der Waals surface area contributed by atoms with Crippen molar-refractivity contribution in [2.45, 2.75) is 0 Å². The number of nitrogens with zero attached hydrogens (tertiary/aromatic N) is 2. The lowest BCUT2D eigenvalue weighted by molar-refractivity contribution is -0.120. The third kappa shape index (κ3) is 5.62. The van der Waals surface area contributed by atoms with Crippen LogP contribution in [0.1, 0.15) is 15.9 Å². The molecule has 0 radical (unpaired) electrons. The SMILES string of the molecule is COc1ccc(C(=O)NCC(=O)NN=Cc2ccc(N(C)C)cc2)cc1. The summed E-state index contributed by atoms with van der Waals surface area (Å²) in [6.07, 6.45) is 1.54. The van der Waals surface area contributed by atoms with E-state index >= 15 is 0 Å². The van der Waals surface area contributed by atoms with E-state index in [1.807, 2.05) is 43.3 Å². The first kappa shape index (κ1) is 19.0. The lowest BCUT2D eigenvalue weighted by Gasteiger charge is -2.11. The Hall–Kier alpha value is -3.35. The number of benzene rings is 2. The molecule has 0 aliphatic rings. The van der Waals surface area contributed by atoms with Crippen LogP contribution < -0.4 is 20.4 Å². The standard InChI is InChI=1S/C19H22N4O3/c1-23(2)16-8-4-14(5-9-16)12-21-22-18(24)13-20-19(25)15-6-10-17(26-3)11-7-15/h4-12H,13H2,1-3H3,(H,20,25)(H,22,24). The van der Waals surface area contributed by atoms with Crippen LogP contribution in [-0.2, 0) is 4.79 Å². The number of hydrogen-bond acceptors (Lipinski definition) is 5. The molecule has 0 fully saturated rings. The number of nitrogens with one attached hydrogen (secondary N) is 2. The zero-order valence-corrected chi connectivity index (χ0v) is 15.0. The molecule has 2 rings (SSSR count). The van der Waals surface area contributed by atoms with Crippen LogP contribution in [0.5, 0.6) is 5.75 Å². The molecule has 2 amide bonds. The summed E-state index contributed by atoms with van der Waals surface area (Å²) in [6, 6.07) is 14.3. The molecule has 7 heteroatoms. The maximum atomic E-state index is 12.0. The summed E-state index contributed by atoms with van der Waals surface area (Å²) in [6.45, 7) is -0.165. The maximum absolute atomic E-state index is 12.0. The molecular weight excluding hydrogens is 332 g/mol. The van der Waals surface area contributed by atoms with Crippen molar-refractivity contribution < 1.29 is 14.3 Å². The normalized spacial score (nSPS) is 10.4. The Kier molecular flexibility index (Phi) is 6.73. The molecule has 2 N–H and O–H groups in total. The predicted octanol–water partition coefficient (Wildman–Crippen LogP) is 1.64. The molecule has 26 heavy (non-hydrogen) atoms. The minimum Gasteiger partial charge on any atom is -0.497 e. The summed E-state index contributed by atoms with van der Waals surface area (Å²) in [5.41, 5.74) is 4.76. The number of hydrogen-bond donors (Lipinski definition) is 2. The zero-order valence-electron chi connectivity index (χ0n) is 15.0. The van der Waals surface area contributed by atoms with Crippen LogP contribution in [0.25, 0.3) is 0 Å². The molecule has 0 unspecified atom stereocenters. The molecule has 0 saturated heterocycles. The third-order valence-corrected chi connectivity index (χ3v) is 3.57. The van der Waals surface area contributed by atoms with Crippen LogP contribution >= 0.6 is 0 Å². The molecule has 7 nitrogen and oxygen atoms in total. The van der Waals surface area contributed by atoms with E-state index in [1.165, 1.54) is 0 Å². The Labute approximate surface area is 152 Å². The van der Waals surface area contributed by atoms with Crippen LogP contribution in [0.2, 0.25) is 0 Å². The molecule has 2 aromatic rings. The van der Waals surface area contributed by atoms with Crippen molar-refractivity contribution >= 4 is 23.7 Å². The van der Waals surface area contributed by atoms with Gasteiger partial charge in [-0.25, -0.2) is 5.43 Å². The fourth-order valence-corrected chi connectivity index (χ4v) is 2.08. The van der Waals surface area contributed by atoms with Gasteiger partial charge in [0, 0.05) is 25.3 Å². The number of anilines is 1. The minimum absolute atomic E-state index is 0.165. The lowest BCUT2D eigenvalue weighted by atomic mass is 10.2. The first-order valence-corrected chi connectivity index (χ1v) is 8.01. The van der Waals surface area contributed by atoms with Crippen molar-refractivity contribution in [1.82, 2.24) is 10.7 Å². The van der Waals surface area contributed by atoms with E-state index in [9.17, 15) is 9.59 Å². The van der Waals surface area contributed by atoms with E-state index in [2.05, 4.69) is 15.8 Å². The average molecular weight is 354 g/mol. The van der Waals surface area contributed by atoms with E-state index in [4.69, 9.17) is 4.74 Å². The smallest absolute Gasteiger partial charge is 0.259 e. The van der Waals surface area contributed by atoms with Crippen molar-refractivity contribution in [2.24, 2.45) is 5.10 Å². The molecule has 0 atom stereocenters. The second-order valence-electron chi connectivity index (χ2n) is 5.69. The first-order chi connectivity index (χ1) is 12.5. The lowest BCUT2D eigenvalue weighted by Crippen LogP contribution is -2.34. The van der Waals surface area contributed by atoms with Crippen LogP contribution in [-0.4, -0.2) is 45.8 Å². The molecule has 136 valence electrons. The maximum Gasteiger partial charge on any atom is 0.259 e. The highest BCUT2D eigenvalue weighted by Crippen LogP contribution is 2.11. The van der Waals surface area contributed by atoms with Gasteiger partial charge < -0.3 is 15.0 Å². The van der Waals surface area contributed by atoms with Crippen molar-refractivity contribution in [3.05, 3.63) is 59.7 Å². The molecule has 0 bridgehead atoms. The van der Waals surface area contributed by atoms with E-state index in [-0.39, 0.29) is 12.5 Å². The van der Waals surface area contributed by atoms with Crippen LogP contribution in [0.3, 0.4) is 0 Å². The number of amides is 2. The molecule has 2 aromatic carbocycles. The Morgan fingerprint density at radius 3 is 2.31 bits per heavy atom. The Morgan fingerprint density at radius 1 is 1.08 bits per heavy atom. The van der Waals surface area contributed by atoms with Gasteiger partial charge in [-0.1, -0.05) is 12.1 Å². The van der Waals surface area contributed by atoms with Gasteiger partial charge in [-0.2, -0.15) is 5.10 Å². The second kappa shape index (κ2) is 9.22. The summed E-state index contributed by atoms with van der Waals surface area (Å²) >= 11 is 0. The van der Waals surface area contributed by atoms with Crippen LogP contribution in [0, 0.1) is 0 Å². The number of carbonyl (C=O) groups excluding carboxylic acids is 2. The largest absolute Gasteiger partial charge is 0.497 e. The number of methoxy groups -OCH3 is 1. The van der Waals surface area contributed by atoms with Crippen molar-refractivity contribution in [3.8, 4) is 5.75 Å². The summed E-state index contributed by atoms with van der Waals surface area (Å²) in [7, 11) is 5.48. The Morgan fingerprint density at radius 2 is 1.73 bits per heavy atom. The molecule has 0 spiro atoms. The van der Waals surface area contributed by atoms with Crippen LogP contribution in [0.4, 0.5) is 5.69 Å². The Bertz CT molecular complexity index is 768. The second-order valence-corrected chi connectivity index (χ2v) is 5.69. The van der Waals surface area contributed by atoms with E-state index < -0.39 is 5.91 Å². The average Bonchev–Trinajstić information content (AvgIpc) is 2.66. The quantitative estimate of drug-likeness (QED) is 0.585. The topological polar surface area (TPSA) is 83.0 Å². The van der Waals surface area contributed by atoms with E-state index in [1.54, 1.807) is 37.6 Å². The molecule has 0 saturated carbocycles. The van der Waals surface area contributed by atoms with Gasteiger partial charge in [0.1, 0.15) is 5.75 Å². The van der Waals surface area contributed by atoms with Gasteiger partial charge in [0.2, 0.25) is 0 Å². The number of hydrazone groups is 1. The van der Waals surface area contributed by atoms with Gasteiger partial charge in [-0.05, 0) is 42.0 Å². The first-order valence-electron chi connectivity index (χ1n) is 8.01. The molecule has 0 aromatic heterocycles. The van der Waals surface area contributed by atoms with Crippen molar-refractivity contribution in [2.75, 3.05) is 32.6 Å². The third-order valence-electron chi connectivity index (χ3n) is 3.57. The molecule has 0 heterocycles. The highest BCUT2D eigenvalue weighted by atomic mass is 16.5. The Balaban J connectivity index is 1.78. The van der Waals surface area contributed by atoms with Gasteiger partial charge in [0.15, 0.2) is 0 Å². The van der Waals surface area contributed by atoms with Crippen LogP contribution in [0.15, 0.2) is 53.6 Å². The zero-order chi connectivity index (χ0) is 18.9. The summed E-state index contributed by atoms with van der Waals surface area (Å²) in [4.78, 5) is 25.7. The highest BCUT2D eigenvalue weighted by Gasteiger charge is 2.07. The van der Waals surface area contributed by atoms with Gasteiger partial charge in [-0.15, -0.1) is 0 Å². The van der Waals surface area contributed by atoms with Crippen molar-refractivity contribution in [1.29, 1.82) is 0 Å². The fraction of sp³-hybridized carbons (Fsp3) is 0.211. The predicted molar refractivity (Wildman–Crippen MR) is 102 cm³/mol. The van der Waals surface area contributed by atoms with Gasteiger partial charge >= 0.3 is 0 Å². The van der Waals surface area contributed by atoms with Gasteiger partial charge in [0.25, 0.3) is 11.8 Å². The summed E-state index contributed by atoms with van der Waals surface area (Å²) in [5, 5.41) is 6.42. The van der Waals surface area contributed by atoms with E-state index in [0.717, 1.165) is 11.3 Å². The summed E-state index contributed by atoms with van der Waals surface area (Å²) < 4.78 is 5.03. The van der Waals surface area contributed by atoms with Gasteiger partial charge in [0.05, 0.1) is 19.9 Å². The number of carbonyl (C=O) groups is 2. The monoisotopic (exact) mass is 354 g/mol. The minimum atomic E-state index is -0.409. The highest BCUT2D eigenvalue weighted by molar-refractivity contribution is 5.96. The van der Waals surface area contributed by atoms with Gasteiger partial charge in [-0.3, -0.25) is 9.59 Å². The molecule has 0 aliphatic carbocycles. The van der Waals surface area contributed by atoms with E-state index in [0.29, 0.717) is 11.3 Å². The summed E-state index contributed by atoms with van der Waals surface area (Å²) in [5.74, 6) is -0.0914.